The van der Waals surface area contributed by atoms with Crippen LogP contribution in [0.15, 0.2) is 15.9 Å². The Morgan fingerprint density at radius 3 is 2.93 bits per heavy atom. The summed E-state index contributed by atoms with van der Waals surface area (Å²) in [4.78, 5) is 1.76. The Bertz CT molecular complexity index is 454. The van der Waals surface area contributed by atoms with Gasteiger partial charge in [-0.25, -0.2) is 0 Å². The van der Waals surface area contributed by atoms with Crippen LogP contribution >= 0.6 is 38.8 Å². The van der Waals surface area contributed by atoms with Crippen LogP contribution in [0.3, 0.4) is 0 Å². The molecule has 3 nitrogen and oxygen atoms in total. The molecule has 0 saturated heterocycles. The molecule has 0 amide bonds. The summed E-state index contributed by atoms with van der Waals surface area (Å²) in [6.07, 6.45) is 0.195. The van der Waals surface area contributed by atoms with E-state index >= 15 is 0 Å². The first-order valence-electron chi connectivity index (χ1n) is 4.46. The van der Waals surface area contributed by atoms with E-state index in [1.54, 1.807) is 0 Å². The van der Waals surface area contributed by atoms with Gasteiger partial charge >= 0.3 is 0 Å². The first kappa shape index (κ1) is 11.2. The van der Waals surface area contributed by atoms with Crippen LogP contribution < -0.4 is 0 Å². The lowest BCUT2D eigenvalue weighted by atomic mass is 10.2. The monoisotopic (exact) mass is 304 g/mol. The third-order valence-electron chi connectivity index (χ3n) is 2.06. The molecule has 0 saturated carbocycles. The number of aromatic nitrogens is 2. The van der Waals surface area contributed by atoms with E-state index < -0.39 is 6.10 Å². The molecule has 0 aliphatic rings. The Morgan fingerprint density at radius 1 is 1.53 bits per heavy atom. The minimum atomic E-state index is -0.602. The average molecular weight is 305 g/mol. The minimum absolute atomic E-state index is 0.602. The van der Waals surface area contributed by atoms with E-state index in [1.807, 2.05) is 18.4 Å². The Morgan fingerprint density at radius 2 is 2.33 bits per heavy atom. The van der Waals surface area contributed by atoms with Crippen molar-refractivity contribution < 1.29 is 5.11 Å². The molecule has 2 aromatic heterocycles. The topological polar surface area (TPSA) is 46.0 Å². The summed E-state index contributed by atoms with van der Waals surface area (Å²) in [7, 11) is 0. The highest BCUT2D eigenvalue weighted by molar-refractivity contribution is 9.10. The molecule has 6 heteroatoms. The molecular weight excluding hydrogens is 296 g/mol. The summed E-state index contributed by atoms with van der Waals surface area (Å²) in [5.74, 6) is 0. The molecule has 80 valence electrons. The lowest BCUT2D eigenvalue weighted by molar-refractivity contribution is 0.226. The van der Waals surface area contributed by atoms with Gasteiger partial charge in [-0.05, 0) is 45.3 Å². The Balaban J connectivity index is 2.36. The molecule has 0 radical (unpaired) electrons. The highest BCUT2D eigenvalue weighted by atomic mass is 79.9. The van der Waals surface area contributed by atoms with Crippen LogP contribution in [-0.2, 0) is 6.42 Å². The second-order valence-corrected chi connectivity index (χ2v) is 5.56. The fraction of sp³-hybridized carbons (Fsp3) is 0.333. The van der Waals surface area contributed by atoms with Crippen LogP contribution in [0.2, 0.25) is 0 Å². The quantitative estimate of drug-likeness (QED) is 0.948. The van der Waals surface area contributed by atoms with Gasteiger partial charge in [0.05, 0.1) is 15.4 Å². The zero-order chi connectivity index (χ0) is 10.8. The third kappa shape index (κ3) is 2.13. The molecule has 1 atom stereocenters. The minimum Gasteiger partial charge on any atom is -0.382 e. The van der Waals surface area contributed by atoms with Crippen molar-refractivity contribution >= 4 is 38.8 Å². The summed E-state index contributed by atoms with van der Waals surface area (Å²) in [5, 5.41) is 16.1. The number of nitrogens with zero attached hydrogens (tertiary/aromatic N) is 2. The fourth-order valence-electron chi connectivity index (χ4n) is 1.29. The lowest BCUT2D eigenvalue weighted by Crippen LogP contribution is -1.99. The number of hydrogen-bond donors (Lipinski definition) is 1. The predicted molar refractivity (Wildman–Crippen MR) is 65.4 cm³/mol. The second-order valence-electron chi connectivity index (χ2n) is 2.97. The first-order chi connectivity index (χ1) is 7.24. The molecule has 2 aromatic rings. The molecule has 2 heterocycles. The smallest absolute Gasteiger partial charge is 0.127 e. The van der Waals surface area contributed by atoms with Gasteiger partial charge in [0, 0.05) is 4.47 Å². The van der Waals surface area contributed by atoms with Crippen LogP contribution in [-0.4, -0.2) is 14.7 Å². The Labute approximate surface area is 104 Å². The average Bonchev–Trinajstić information content (AvgIpc) is 2.84. The van der Waals surface area contributed by atoms with E-state index in [-0.39, 0.29) is 0 Å². The molecule has 0 aliphatic carbocycles. The first-order valence-corrected chi connectivity index (χ1v) is 6.90. The van der Waals surface area contributed by atoms with Crippen molar-refractivity contribution in [1.29, 1.82) is 0 Å². The standard InChI is InChI=1S/C9H9BrN2OS2/c1-2-6-9(15-12-11-6)7(13)8-5(10)3-4-14-8/h3-4,7,13H,2H2,1H3. The van der Waals surface area contributed by atoms with Crippen molar-refractivity contribution in [2.45, 2.75) is 19.4 Å². The van der Waals surface area contributed by atoms with Gasteiger partial charge in [0.2, 0.25) is 0 Å². The SMILES string of the molecule is CCc1nnsc1C(O)c1sccc1Br. The van der Waals surface area contributed by atoms with Crippen molar-refractivity contribution in [3.05, 3.63) is 31.4 Å². The molecule has 1 unspecified atom stereocenters. The summed E-state index contributed by atoms with van der Waals surface area (Å²) < 4.78 is 4.81. The van der Waals surface area contributed by atoms with Gasteiger partial charge < -0.3 is 5.11 Å². The molecule has 0 aromatic carbocycles. The number of aliphatic hydroxyl groups is 1. The molecule has 0 bridgehead atoms. The van der Waals surface area contributed by atoms with Gasteiger partial charge in [0.1, 0.15) is 6.10 Å². The Kier molecular flexibility index (Phi) is 3.50. The molecule has 1 N–H and O–H groups in total. The maximum atomic E-state index is 10.2. The molecule has 2 rings (SSSR count). The number of halogens is 1. The normalized spacial score (nSPS) is 13.0. The summed E-state index contributed by atoms with van der Waals surface area (Å²) in [5.41, 5.74) is 0.882. The highest BCUT2D eigenvalue weighted by Crippen LogP contribution is 2.35. The van der Waals surface area contributed by atoms with Crippen molar-refractivity contribution in [2.24, 2.45) is 0 Å². The molecule has 0 fully saturated rings. The zero-order valence-electron chi connectivity index (χ0n) is 7.98. The largest absolute Gasteiger partial charge is 0.382 e. The highest BCUT2D eigenvalue weighted by Gasteiger charge is 2.20. The van der Waals surface area contributed by atoms with Crippen LogP contribution in [0.1, 0.15) is 28.5 Å². The summed E-state index contributed by atoms with van der Waals surface area (Å²) in [6, 6.07) is 1.93. The predicted octanol–water partition coefficient (Wildman–Crippen LogP) is 3.01. The van der Waals surface area contributed by atoms with Gasteiger partial charge in [0.25, 0.3) is 0 Å². The van der Waals surface area contributed by atoms with Gasteiger partial charge in [-0.15, -0.1) is 16.4 Å². The van der Waals surface area contributed by atoms with Gasteiger partial charge in [-0.3, -0.25) is 0 Å². The summed E-state index contributed by atoms with van der Waals surface area (Å²) >= 11 is 6.21. The van der Waals surface area contributed by atoms with Crippen molar-refractivity contribution in [2.75, 3.05) is 0 Å². The number of aliphatic hydroxyl groups excluding tert-OH is 1. The lowest BCUT2D eigenvalue weighted by Gasteiger charge is -2.07. The van der Waals surface area contributed by atoms with E-state index in [0.29, 0.717) is 0 Å². The number of thiophene rings is 1. The molecular formula is C9H9BrN2OS2. The van der Waals surface area contributed by atoms with E-state index in [1.165, 1.54) is 22.9 Å². The molecule has 0 aliphatic heterocycles. The fourth-order valence-corrected chi connectivity index (χ4v) is 3.68. The Hall–Kier alpha value is -0.300. The maximum Gasteiger partial charge on any atom is 0.127 e. The zero-order valence-corrected chi connectivity index (χ0v) is 11.2. The number of rotatable bonds is 3. The van der Waals surface area contributed by atoms with Crippen LogP contribution in [0.4, 0.5) is 0 Å². The van der Waals surface area contributed by atoms with Crippen LogP contribution in [0.25, 0.3) is 0 Å². The van der Waals surface area contributed by atoms with Gasteiger partial charge in [0.15, 0.2) is 0 Å². The van der Waals surface area contributed by atoms with Gasteiger partial charge in [-0.1, -0.05) is 11.4 Å². The van der Waals surface area contributed by atoms with E-state index in [2.05, 4.69) is 25.5 Å². The van der Waals surface area contributed by atoms with E-state index in [9.17, 15) is 5.11 Å². The van der Waals surface area contributed by atoms with E-state index in [4.69, 9.17) is 0 Å². The maximum absolute atomic E-state index is 10.2. The van der Waals surface area contributed by atoms with Crippen molar-refractivity contribution in [3.63, 3.8) is 0 Å². The molecule has 15 heavy (non-hydrogen) atoms. The van der Waals surface area contributed by atoms with Crippen molar-refractivity contribution in [1.82, 2.24) is 9.59 Å². The van der Waals surface area contributed by atoms with Crippen LogP contribution in [0, 0.1) is 0 Å². The summed E-state index contributed by atoms with van der Waals surface area (Å²) in [6.45, 7) is 2.01. The number of hydrogen-bond acceptors (Lipinski definition) is 5. The molecule has 0 spiro atoms. The van der Waals surface area contributed by atoms with Crippen molar-refractivity contribution in [3.8, 4) is 0 Å². The third-order valence-corrected chi connectivity index (χ3v) is 4.80. The number of aryl methyl sites for hydroxylation is 1. The van der Waals surface area contributed by atoms with Gasteiger partial charge in [-0.2, -0.15) is 0 Å². The van der Waals surface area contributed by atoms with Crippen LogP contribution in [0.5, 0.6) is 0 Å². The second kappa shape index (κ2) is 4.69. The van der Waals surface area contributed by atoms with E-state index in [0.717, 1.165) is 26.3 Å².